The van der Waals surface area contributed by atoms with Crippen LogP contribution in [0.25, 0.3) is 0 Å². The van der Waals surface area contributed by atoms with Crippen molar-refractivity contribution in [2.45, 2.75) is 11.3 Å². The van der Waals surface area contributed by atoms with E-state index < -0.39 is 10.0 Å². The molecule has 0 spiro atoms. The average molecular weight is 419 g/mol. The maximum absolute atomic E-state index is 12.8. The first-order chi connectivity index (χ1) is 14.0. The van der Waals surface area contributed by atoms with Crippen LogP contribution >= 0.6 is 0 Å². The van der Waals surface area contributed by atoms with Gasteiger partial charge in [0.15, 0.2) is 0 Å². The molecule has 3 rings (SSSR count). The van der Waals surface area contributed by atoms with Crippen LogP contribution in [-0.4, -0.2) is 70.6 Å². The number of rotatable bonds is 8. The van der Waals surface area contributed by atoms with Crippen molar-refractivity contribution in [2.24, 2.45) is 0 Å². The summed E-state index contributed by atoms with van der Waals surface area (Å²) in [7, 11) is -2.27. The highest BCUT2D eigenvalue weighted by atomic mass is 32.2. The zero-order chi connectivity index (χ0) is 20.7. The van der Waals surface area contributed by atoms with Crippen LogP contribution < -0.4 is 9.62 Å². The number of morpholine rings is 1. The number of pyridine rings is 1. The molecule has 29 heavy (non-hydrogen) atoms. The van der Waals surface area contributed by atoms with Crippen LogP contribution in [0.3, 0.4) is 0 Å². The third-order valence-corrected chi connectivity index (χ3v) is 6.59. The number of nitrogens with one attached hydrogen (secondary N) is 1. The summed E-state index contributed by atoms with van der Waals surface area (Å²) < 4.78 is 32.0. The fourth-order valence-electron chi connectivity index (χ4n) is 3.04. The third-order valence-electron chi connectivity index (χ3n) is 4.79. The van der Waals surface area contributed by atoms with Gasteiger partial charge in [-0.3, -0.25) is 19.0 Å². The van der Waals surface area contributed by atoms with Gasteiger partial charge >= 0.3 is 0 Å². The minimum Gasteiger partial charge on any atom is -0.379 e. The quantitative estimate of drug-likeness (QED) is 0.651. The Morgan fingerprint density at radius 1 is 1.21 bits per heavy atom. The van der Waals surface area contributed by atoms with Gasteiger partial charge in [0.2, 0.25) is 0 Å². The fraction of sp³-hybridized carbons (Fsp3) is 0.400. The van der Waals surface area contributed by atoms with Gasteiger partial charge in [0, 0.05) is 32.9 Å². The lowest BCUT2D eigenvalue weighted by Crippen LogP contribution is -2.38. The van der Waals surface area contributed by atoms with Crippen molar-refractivity contribution in [2.75, 3.05) is 50.7 Å². The molecule has 1 aromatic carbocycles. The van der Waals surface area contributed by atoms with Crippen molar-refractivity contribution < 1.29 is 17.9 Å². The predicted octanol–water partition coefficient (Wildman–Crippen LogP) is 1.36. The molecular formula is C20H26N4O4S. The number of nitrogens with zero attached hydrogens (tertiary/aromatic N) is 3. The van der Waals surface area contributed by atoms with Gasteiger partial charge in [-0.05, 0) is 31.2 Å². The van der Waals surface area contributed by atoms with Gasteiger partial charge in [0.25, 0.3) is 15.9 Å². The highest BCUT2D eigenvalue weighted by Gasteiger charge is 2.22. The maximum Gasteiger partial charge on any atom is 0.264 e. The summed E-state index contributed by atoms with van der Waals surface area (Å²) in [6, 6.07) is 9.68. The topological polar surface area (TPSA) is 91.8 Å². The smallest absolute Gasteiger partial charge is 0.264 e. The Morgan fingerprint density at radius 3 is 2.66 bits per heavy atom. The van der Waals surface area contributed by atoms with Gasteiger partial charge in [-0.25, -0.2) is 8.42 Å². The van der Waals surface area contributed by atoms with E-state index in [1.165, 1.54) is 37.6 Å². The number of benzene rings is 1. The van der Waals surface area contributed by atoms with E-state index in [1.54, 1.807) is 18.2 Å². The Morgan fingerprint density at radius 2 is 1.93 bits per heavy atom. The number of aromatic nitrogens is 1. The zero-order valence-corrected chi connectivity index (χ0v) is 17.3. The summed E-state index contributed by atoms with van der Waals surface area (Å²) in [6.07, 6.45) is 3.70. The van der Waals surface area contributed by atoms with Crippen LogP contribution in [0.5, 0.6) is 0 Å². The molecule has 9 heteroatoms. The van der Waals surface area contributed by atoms with E-state index in [0.717, 1.165) is 43.6 Å². The first-order valence-corrected chi connectivity index (χ1v) is 11.0. The number of ether oxygens (including phenoxy) is 1. The lowest BCUT2D eigenvalue weighted by molar-refractivity contribution is 0.0374. The summed E-state index contributed by atoms with van der Waals surface area (Å²) in [5, 5.41) is 2.87. The number of anilines is 1. The Bertz CT molecular complexity index is 915. The van der Waals surface area contributed by atoms with Crippen LogP contribution in [0.2, 0.25) is 0 Å². The molecule has 0 atom stereocenters. The molecule has 0 bridgehead atoms. The maximum atomic E-state index is 12.8. The summed E-state index contributed by atoms with van der Waals surface area (Å²) in [5.41, 5.74) is 0.652. The molecule has 2 aromatic rings. The summed E-state index contributed by atoms with van der Waals surface area (Å²) >= 11 is 0. The van der Waals surface area contributed by atoms with Crippen LogP contribution in [0.4, 0.5) is 5.69 Å². The second-order valence-electron chi connectivity index (χ2n) is 6.78. The molecule has 0 saturated carbocycles. The minimum atomic E-state index is -3.72. The van der Waals surface area contributed by atoms with Gasteiger partial charge in [0.1, 0.15) is 0 Å². The average Bonchev–Trinajstić information content (AvgIpc) is 2.77. The van der Waals surface area contributed by atoms with Crippen LogP contribution in [-0.2, 0) is 14.8 Å². The molecule has 1 N–H and O–H groups in total. The van der Waals surface area contributed by atoms with E-state index in [-0.39, 0.29) is 10.8 Å². The predicted molar refractivity (Wildman–Crippen MR) is 110 cm³/mol. The molecule has 0 aliphatic carbocycles. The number of sulfonamides is 1. The molecule has 0 radical (unpaired) electrons. The number of hydrogen-bond donors (Lipinski definition) is 1. The highest BCUT2D eigenvalue weighted by molar-refractivity contribution is 7.92. The molecular weight excluding hydrogens is 392 g/mol. The fourth-order valence-corrected chi connectivity index (χ4v) is 4.24. The van der Waals surface area contributed by atoms with E-state index in [0.29, 0.717) is 17.8 Å². The molecule has 1 amide bonds. The largest absolute Gasteiger partial charge is 0.379 e. The number of hydrogen-bond acceptors (Lipinski definition) is 6. The monoisotopic (exact) mass is 418 g/mol. The number of amides is 1. The van der Waals surface area contributed by atoms with Crippen molar-refractivity contribution in [1.82, 2.24) is 15.2 Å². The van der Waals surface area contributed by atoms with Crippen molar-refractivity contribution in [1.29, 1.82) is 0 Å². The summed E-state index contributed by atoms with van der Waals surface area (Å²) in [6.45, 7) is 4.79. The van der Waals surface area contributed by atoms with E-state index in [4.69, 9.17) is 4.74 Å². The highest BCUT2D eigenvalue weighted by Crippen LogP contribution is 2.21. The Labute approximate surface area is 171 Å². The number of carbonyl (C=O) groups excluding carboxylic acids is 1. The zero-order valence-electron chi connectivity index (χ0n) is 16.5. The molecule has 0 unspecified atom stereocenters. The van der Waals surface area contributed by atoms with Gasteiger partial charge < -0.3 is 10.1 Å². The molecule has 2 heterocycles. The number of carbonyl (C=O) groups is 1. The lowest BCUT2D eigenvalue weighted by atomic mass is 10.2. The van der Waals surface area contributed by atoms with Gasteiger partial charge in [0.05, 0.1) is 35.6 Å². The van der Waals surface area contributed by atoms with E-state index in [1.807, 2.05) is 0 Å². The second-order valence-corrected chi connectivity index (χ2v) is 8.75. The molecule has 1 aliphatic heterocycles. The first kappa shape index (κ1) is 21.2. The second kappa shape index (κ2) is 9.82. The normalized spacial score (nSPS) is 15.1. The van der Waals surface area contributed by atoms with Crippen molar-refractivity contribution in [3.63, 3.8) is 0 Å². The third kappa shape index (κ3) is 5.53. The van der Waals surface area contributed by atoms with Crippen LogP contribution in [0.15, 0.2) is 53.7 Å². The molecule has 8 nitrogen and oxygen atoms in total. The SMILES string of the molecule is CN(c1cncc(C(=O)NCCCN2CCOCC2)c1)S(=O)(=O)c1ccccc1. The molecule has 1 fully saturated rings. The van der Waals surface area contributed by atoms with Crippen LogP contribution in [0, 0.1) is 0 Å². The Hall–Kier alpha value is -2.49. The minimum absolute atomic E-state index is 0.181. The van der Waals surface area contributed by atoms with E-state index in [2.05, 4.69) is 15.2 Å². The molecule has 1 saturated heterocycles. The van der Waals surface area contributed by atoms with Gasteiger partial charge in [-0.2, -0.15) is 0 Å². The summed E-state index contributed by atoms with van der Waals surface area (Å²) in [4.78, 5) is 19.0. The van der Waals surface area contributed by atoms with Gasteiger partial charge in [-0.15, -0.1) is 0 Å². The lowest BCUT2D eigenvalue weighted by Gasteiger charge is -2.26. The van der Waals surface area contributed by atoms with E-state index >= 15 is 0 Å². The van der Waals surface area contributed by atoms with Gasteiger partial charge in [-0.1, -0.05) is 18.2 Å². The molecule has 1 aliphatic rings. The standard InChI is InChI=1S/C20H26N4O4S/c1-23(29(26,27)19-6-3-2-4-7-19)18-14-17(15-21-16-18)20(25)22-8-5-9-24-10-12-28-13-11-24/h2-4,6-7,14-16H,5,8-13H2,1H3,(H,22,25). The Balaban J connectivity index is 1.59. The van der Waals surface area contributed by atoms with Crippen LogP contribution in [0.1, 0.15) is 16.8 Å². The Kier molecular flexibility index (Phi) is 7.18. The molecule has 156 valence electrons. The van der Waals surface area contributed by atoms with Crippen molar-refractivity contribution in [3.8, 4) is 0 Å². The van der Waals surface area contributed by atoms with E-state index in [9.17, 15) is 13.2 Å². The van der Waals surface area contributed by atoms with Crippen molar-refractivity contribution >= 4 is 21.6 Å². The van der Waals surface area contributed by atoms with Crippen molar-refractivity contribution in [3.05, 3.63) is 54.4 Å². The first-order valence-electron chi connectivity index (χ1n) is 9.56. The molecule has 1 aromatic heterocycles. The summed E-state index contributed by atoms with van der Waals surface area (Å²) in [5.74, 6) is -0.271.